The maximum absolute atomic E-state index is 13.3. The first-order chi connectivity index (χ1) is 12.8. The van der Waals surface area contributed by atoms with Crippen LogP contribution in [-0.2, 0) is 20.7 Å². The second-order valence-electron chi connectivity index (χ2n) is 6.31. The Labute approximate surface area is 162 Å². The third kappa shape index (κ3) is 5.35. The Bertz CT molecular complexity index is 820. The highest BCUT2D eigenvalue weighted by molar-refractivity contribution is 7.78. The molecule has 2 aromatic carbocycles. The van der Waals surface area contributed by atoms with Gasteiger partial charge < -0.3 is 9.26 Å². The number of carbonyl (C=O) groups is 2. The van der Waals surface area contributed by atoms with Gasteiger partial charge in [-0.2, -0.15) is 0 Å². The van der Waals surface area contributed by atoms with E-state index in [0.29, 0.717) is 17.7 Å². The van der Waals surface area contributed by atoms with E-state index in [0.717, 1.165) is 22.0 Å². The van der Waals surface area contributed by atoms with Gasteiger partial charge in [0, 0.05) is 23.0 Å². The van der Waals surface area contributed by atoms with Gasteiger partial charge in [0.15, 0.2) is 0 Å². The average Bonchev–Trinajstić information content (AvgIpc) is 2.64. The van der Waals surface area contributed by atoms with Gasteiger partial charge in [0.05, 0.1) is 0 Å². The Morgan fingerprint density at radius 2 is 1.67 bits per heavy atom. The van der Waals surface area contributed by atoms with Crippen LogP contribution in [0.5, 0.6) is 0 Å². The minimum atomic E-state index is -1.40. The Morgan fingerprint density at radius 3 is 2.19 bits per heavy atom. The molecule has 0 fully saturated rings. The molecule has 0 amide bonds. The first kappa shape index (κ1) is 21.0. The average molecular weight is 384 g/mol. The number of rotatable bonds is 8. The molecular weight excluding hydrogens is 359 g/mol. The Hall–Kier alpha value is -2.29. The van der Waals surface area contributed by atoms with Crippen molar-refractivity contribution in [1.29, 1.82) is 0 Å². The van der Waals surface area contributed by atoms with Gasteiger partial charge in [-0.1, -0.05) is 49.0 Å². The molecule has 142 valence electrons. The lowest BCUT2D eigenvalue weighted by Crippen LogP contribution is -2.14. The van der Waals surface area contributed by atoms with E-state index in [2.05, 4.69) is 6.58 Å². The lowest BCUT2D eigenvalue weighted by molar-refractivity contribution is -0.140. The van der Waals surface area contributed by atoms with Crippen molar-refractivity contribution >= 4 is 24.9 Å². The fourth-order valence-corrected chi connectivity index (χ4v) is 4.55. The molecule has 0 radical (unpaired) electrons. The van der Waals surface area contributed by atoms with Gasteiger partial charge in [-0.25, -0.2) is 4.79 Å². The molecule has 5 heteroatoms. The molecule has 0 saturated heterocycles. The number of carbonyl (C=O) groups excluding carboxylic acids is 2. The van der Waals surface area contributed by atoms with E-state index in [-0.39, 0.29) is 12.1 Å². The number of ether oxygens (including phenoxy) is 1. The quantitative estimate of drug-likeness (QED) is 0.372. The molecule has 0 aliphatic rings. The van der Waals surface area contributed by atoms with Gasteiger partial charge in [0.25, 0.3) is 0 Å². The van der Waals surface area contributed by atoms with Gasteiger partial charge in [0.1, 0.15) is 14.8 Å². The summed E-state index contributed by atoms with van der Waals surface area (Å²) in [7, 11) is -1.40. The summed E-state index contributed by atoms with van der Waals surface area (Å²) in [6.07, 6.45) is 0. The molecule has 27 heavy (non-hydrogen) atoms. The highest BCUT2D eigenvalue weighted by atomic mass is 31.1. The largest absolute Gasteiger partial charge is 0.457 e. The molecule has 1 unspecified atom stereocenters. The van der Waals surface area contributed by atoms with Crippen molar-refractivity contribution in [2.24, 2.45) is 0 Å². The number of aryl methyl sites for hydroxylation is 2. The molecule has 0 bridgehead atoms. The van der Waals surface area contributed by atoms with E-state index in [9.17, 15) is 9.59 Å². The van der Waals surface area contributed by atoms with E-state index in [1.54, 1.807) is 6.92 Å². The zero-order chi connectivity index (χ0) is 20.0. The lowest BCUT2D eigenvalue weighted by atomic mass is 10.0. The maximum atomic E-state index is 13.3. The molecular formula is C22H25O4P. The van der Waals surface area contributed by atoms with Crippen molar-refractivity contribution in [3.8, 4) is 0 Å². The number of hydrogen-bond acceptors (Lipinski definition) is 4. The third-order valence-electron chi connectivity index (χ3n) is 3.96. The van der Waals surface area contributed by atoms with Gasteiger partial charge in [-0.3, -0.25) is 4.79 Å². The first-order valence-corrected chi connectivity index (χ1v) is 10.1. The van der Waals surface area contributed by atoms with Crippen LogP contribution in [0.3, 0.4) is 0 Å². The van der Waals surface area contributed by atoms with Crippen LogP contribution in [0.15, 0.2) is 54.6 Å². The molecule has 0 N–H and O–H groups in total. The second-order valence-corrected chi connectivity index (χ2v) is 8.08. The van der Waals surface area contributed by atoms with E-state index >= 15 is 0 Å². The summed E-state index contributed by atoms with van der Waals surface area (Å²) < 4.78 is 11.0. The Balaban J connectivity index is 2.30. The van der Waals surface area contributed by atoms with Crippen molar-refractivity contribution in [3.05, 3.63) is 76.9 Å². The monoisotopic (exact) mass is 384 g/mol. The summed E-state index contributed by atoms with van der Waals surface area (Å²) in [5.74, 6) is -0.422. The maximum Gasteiger partial charge on any atom is 0.333 e. The van der Waals surface area contributed by atoms with E-state index in [1.165, 1.54) is 0 Å². The minimum absolute atomic E-state index is 0.00136. The summed E-state index contributed by atoms with van der Waals surface area (Å²) in [5.41, 5.74) is 3.58. The Kier molecular flexibility index (Phi) is 7.46. The summed E-state index contributed by atoms with van der Waals surface area (Å²) >= 11 is 0. The van der Waals surface area contributed by atoms with Crippen molar-refractivity contribution in [2.75, 3.05) is 6.61 Å². The van der Waals surface area contributed by atoms with Crippen LogP contribution in [0.1, 0.15) is 40.9 Å². The molecule has 0 saturated carbocycles. The van der Waals surface area contributed by atoms with Crippen LogP contribution < -0.4 is 5.30 Å². The van der Waals surface area contributed by atoms with Crippen LogP contribution in [0.2, 0.25) is 0 Å². The second kappa shape index (κ2) is 9.59. The van der Waals surface area contributed by atoms with Crippen LogP contribution in [-0.4, -0.2) is 18.1 Å². The van der Waals surface area contributed by atoms with Gasteiger partial charge in [0.2, 0.25) is 5.52 Å². The normalized spacial score (nSPS) is 11.7. The number of benzene rings is 2. The standard InChI is InChI=1S/C22H25O4P/c1-6-26-27(19-10-8-7-9-11-19)22(24)20-16(4)12-18(13-17(20)5)14-25-21(23)15(2)3/h7-13H,2,6,14H2,1,3-5H3. The number of esters is 1. The van der Waals surface area contributed by atoms with Gasteiger partial charge in [-0.15, -0.1) is 0 Å². The molecule has 4 nitrogen and oxygen atoms in total. The van der Waals surface area contributed by atoms with Crippen LogP contribution in [0.25, 0.3) is 0 Å². The van der Waals surface area contributed by atoms with Crippen LogP contribution in [0.4, 0.5) is 0 Å². The van der Waals surface area contributed by atoms with Gasteiger partial charge in [-0.05, 0) is 44.4 Å². The molecule has 0 heterocycles. The van der Waals surface area contributed by atoms with Crippen LogP contribution in [0, 0.1) is 13.8 Å². The SMILES string of the molecule is C=C(C)C(=O)OCc1cc(C)c(C(=O)P(OCC)c2ccccc2)c(C)c1. The summed E-state index contributed by atoms with van der Waals surface area (Å²) in [6, 6.07) is 13.4. The zero-order valence-electron chi connectivity index (χ0n) is 16.2. The van der Waals surface area contributed by atoms with E-state index < -0.39 is 14.1 Å². The van der Waals surface area contributed by atoms with Crippen LogP contribution >= 0.6 is 8.15 Å². The summed E-state index contributed by atoms with van der Waals surface area (Å²) in [6.45, 7) is 11.5. The topological polar surface area (TPSA) is 52.6 Å². The predicted molar refractivity (Wildman–Crippen MR) is 109 cm³/mol. The number of hydrogen-bond donors (Lipinski definition) is 0. The summed E-state index contributed by atoms with van der Waals surface area (Å²) in [4.78, 5) is 24.8. The minimum Gasteiger partial charge on any atom is -0.457 e. The lowest BCUT2D eigenvalue weighted by Gasteiger charge is -2.19. The first-order valence-electron chi connectivity index (χ1n) is 8.80. The molecule has 2 aromatic rings. The molecule has 1 atom stereocenters. The molecule has 0 aliphatic heterocycles. The predicted octanol–water partition coefficient (Wildman–Crippen LogP) is 4.82. The highest BCUT2D eigenvalue weighted by Crippen LogP contribution is 2.41. The molecule has 0 aliphatic carbocycles. The highest BCUT2D eigenvalue weighted by Gasteiger charge is 2.26. The third-order valence-corrected chi connectivity index (χ3v) is 5.83. The fourth-order valence-electron chi connectivity index (χ4n) is 2.79. The van der Waals surface area contributed by atoms with Crippen molar-refractivity contribution in [1.82, 2.24) is 0 Å². The van der Waals surface area contributed by atoms with Crippen molar-refractivity contribution in [3.63, 3.8) is 0 Å². The molecule has 0 spiro atoms. The fraction of sp³-hybridized carbons (Fsp3) is 0.273. The molecule has 0 aromatic heterocycles. The smallest absolute Gasteiger partial charge is 0.333 e. The van der Waals surface area contributed by atoms with E-state index in [4.69, 9.17) is 9.26 Å². The van der Waals surface area contributed by atoms with E-state index in [1.807, 2.05) is 63.2 Å². The Morgan fingerprint density at radius 1 is 1.07 bits per heavy atom. The molecule has 2 rings (SSSR count). The van der Waals surface area contributed by atoms with Crippen molar-refractivity contribution in [2.45, 2.75) is 34.3 Å². The zero-order valence-corrected chi connectivity index (χ0v) is 17.1. The van der Waals surface area contributed by atoms with Crippen molar-refractivity contribution < 1.29 is 18.8 Å². The summed E-state index contributed by atoms with van der Waals surface area (Å²) in [5, 5.41) is 0.901. The van der Waals surface area contributed by atoms with Gasteiger partial charge >= 0.3 is 5.97 Å².